The van der Waals surface area contributed by atoms with Crippen molar-refractivity contribution >= 4 is 11.8 Å². The van der Waals surface area contributed by atoms with Gasteiger partial charge >= 0.3 is 0 Å². The normalized spacial score (nSPS) is 16.9. The van der Waals surface area contributed by atoms with Crippen LogP contribution in [0.15, 0.2) is 6.07 Å². The number of nitrogens with one attached hydrogen (secondary N) is 2. The molecule has 2 N–H and O–H groups in total. The van der Waals surface area contributed by atoms with E-state index in [2.05, 4.69) is 27.5 Å². The van der Waals surface area contributed by atoms with Crippen LogP contribution in [0.5, 0.6) is 0 Å². The minimum absolute atomic E-state index is 0.517. The van der Waals surface area contributed by atoms with E-state index in [-0.39, 0.29) is 0 Å². The largest absolute Gasteiger partial charge is 0.367 e. The molecule has 1 saturated carbocycles. The van der Waals surface area contributed by atoms with E-state index in [4.69, 9.17) is 0 Å². The fraction of sp³-hybridized carbons (Fsp3) is 0.667. The molecule has 1 heterocycles. The molecule has 2 rings (SSSR count). The standard InChI is InChI=1S/C12H20N4/c1-4-13-12-14-8(2)7-11(16-12)15-9(3)10-5-6-10/h7,9-10H,4-6H2,1-3H3,(H2,13,14,15,16). The molecule has 0 aliphatic heterocycles. The van der Waals surface area contributed by atoms with Crippen molar-refractivity contribution in [2.45, 2.75) is 39.7 Å². The molecule has 88 valence electrons. The van der Waals surface area contributed by atoms with E-state index in [0.29, 0.717) is 12.0 Å². The lowest BCUT2D eigenvalue weighted by molar-refractivity contribution is 0.690. The third kappa shape index (κ3) is 2.84. The Balaban J connectivity index is 2.06. The molecule has 4 nitrogen and oxygen atoms in total. The molecule has 0 spiro atoms. The highest BCUT2D eigenvalue weighted by Crippen LogP contribution is 2.33. The van der Waals surface area contributed by atoms with Gasteiger partial charge in [-0.2, -0.15) is 4.98 Å². The molecule has 1 unspecified atom stereocenters. The smallest absolute Gasteiger partial charge is 0.224 e. The lowest BCUT2D eigenvalue weighted by Crippen LogP contribution is -2.19. The van der Waals surface area contributed by atoms with Crippen LogP contribution in [0.2, 0.25) is 0 Å². The lowest BCUT2D eigenvalue weighted by atomic mass is 10.2. The Labute approximate surface area is 96.9 Å². The second-order valence-corrected chi connectivity index (χ2v) is 4.52. The van der Waals surface area contributed by atoms with E-state index in [9.17, 15) is 0 Å². The van der Waals surface area contributed by atoms with E-state index < -0.39 is 0 Å². The van der Waals surface area contributed by atoms with Gasteiger partial charge in [0.25, 0.3) is 0 Å². The molecule has 1 aromatic rings. The highest BCUT2D eigenvalue weighted by molar-refractivity contribution is 5.43. The Morgan fingerprint density at radius 3 is 2.81 bits per heavy atom. The van der Waals surface area contributed by atoms with Crippen molar-refractivity contribution < 1.29 is 0 Å². The first-order valence-corrected chi connectivity index (χ1v) is 6.05. The SMILES string of the molecule is CCNc1nc(C)cc(NC(C)C2CC2)n1. The molecule has 1 aliphatic carbocycles. The van der Waals surface area contributed by atoms with Crippen molar-refractivity contribution in [3.05, 3.63) is 11.8 Å². The Hall–Kier alpha value is -1.32. The summed E-state index contributed by atoms with van der Waals surface area (Å²) in [6.45, 7) is 7.12. The van der Waals surface area contributed by atoms with Crippen molar-refractivity contribution in [3.8, 4) is 0 Å². The van der Waals surface area contributed by atoms with Crippen LogP contribution in [0.1, 0.15) is 32.4 Å². The summed E-state index contributed by atoms with van der Waals surface area (Å²) < 4.78 is 0. The van der Waals surface area contributed by atoms with Gasteiger partial charge in [0.1, 0.15) is 5.82 Å². The summed E-state index contributed by atoms with van der Waals surface area (Å²) in [5, 5.41) is 6.60. The summed E-state index contributed by atoms with van der Waals surface area (Å²) in [5.74, 6) is 2.48. The number of hydrogen-bond acceptors (Lipinski definition) is 4. The molecule has 16 heavy (non-hydrogen) atoms. The zero-order chi connectivity index (χ0) is 11.5. The van der Waals surface area contributed by atoms with E-state index in [1.165, 1.54) is 12.8 Å². The van der Waals surface area contributed by atoms with E-state index in [1.807, 2.05) is 19.9 Å². The second kappa shape index (κ2) is 4.68. The van der Waals surface area contributed by atoms with Gasteiger partial charge in [-0.15, -0.1) is 0 Å². The van der Waals surface area contributed by atoms with E-state index in [0.717, 1.165) is 24.0 Å². The first kappa shape index (κ1) is 11.2. The molecular weight excluding hydrogens is 200 g/mol. The summed E-state index contributed by atoms with van der Waals surface area (Å²) >= 11 is 0. The zero-order valence-electron chi connectivity index (χ0n) is 10.2. The van der Waals surface area contributed by atoms with Gasteiger partial charge in [-0.25, -0.2) is 4.98 Å². The van der Waals surface area contributed by atoms with Gasteiger partial charge in [-0.1, -0.05) is 0 Å². The van der Waals surface area contributed by atoms with E-state index >= 15 is 0 Å². The van der Waals surface area contributed by atoms with Gasteiger partial charge in [0.05, 0.1) is 0 Å². The molecule has 1 aromatic heterocycles. The number of rotatable bonds is 5. The van der Waals surface area contributed by atoms with Crippen LogP contribution in [0.25, 0.3) is 0 Å². The first-order chi connectivity index (χ1) is 7.69. The van der Waals surface area contributed by atoms with Crippen molar-refractivity contribution in [2.75, 3.05) is 17.2 Å². The predicted octanol–water partition coefficient (Wildman–Crippen LogP) is 2.43. The number of aromatic nitrogens is 2. The summed E-state index contributed by atoms with van der Waals surface area (Å²) in [6, 6.07) is 2.52. The highest BCUT2D eigenvalue weighted by atomic mass is 15.1. The number of aryl methyl sites for hydroxylation is 1. The Bertz CT molecular complexity index is 360. The van der Waals surface area contributed by atoms with Gasteiger partial charge < -0.3 is 10.6 Å². The maximum atomic E-state index is 4.44. The maximum Gasteiger partial charge on any atom is 0.224 e. The molecule has 1 fully saturated rings. The molecule has 4 heteroatoms. The van der Waals surface area contributed by atoms with Gasteiger partial charge in [0, 0.05) is 24.3 Å². The number of anilines is 2. The summed E-state index contributed by atoms with van der Waals surface area (Å²) in [7, 11) is 0. The van der Waals surface area contributed by atoms with Crippen LogP contribution in [-0.2, 0) is 0 Å². The quantitative estimate of drug-likeness (QED) is 0.800. The van der Waals surface area contributed by atoms with Crippen LogP contribution in [-0.4, -0.2) is 22.6 Å². The van der Waals surface area contributed by atoms with Crippen LogP contribution < -0.4 is 10.6 Å². The minimum Gasteiger partial charge on any atom is -0.367 e. The topological polar surface area (TPSA) is 49.8 Å². The van der Waals surface area contributed by atoms with Gasteiger partial charge in [-0.3, -0.25) is 0 Å². The fourth-order valence-corrected chi connectivity index (χ4v) is 1.83. The van der Waals surface area contributed by atoms with Crippen molar-refractivity contribution in [2.24, 2.45) is 5.92 Å². The van der Waals surface area contributed by atoms with Crippen LogP contribution >= 0.6 is 0 Å². The van der Waals surface area contributed by atoms with Crippen molar-refractivity contribution in [3.63, 3.8) is 0 Å². The second-order valence-electron chi connectivity index (χ2n) is 4.52. The molecule has 0 radical (unpaired) electrons. The van der Waals surface area contributed by atoms with Crippen LogP contribution in [0, 0.1) is 12.8 Å². The Kier molecular flexibility index (Phi) is 3.27. The summed E-state index contributed by atoms with van der Waals surface area (Å²) in [5.41, 5.74) is 0.997. The van der Waals surface area contributed by atoms with Gasteiger partial charge in [-0.05, 0) is 39.5 Å². The third-order valence-electron chi connectivity index (χ3n) is 2.89. The summed E-state index contributed by atoms with van der Waals surface area (Å²) in [4.78, 5) is 8.77. The van der Waals surface area contributed by atoms with Gasteiger partial charge in [0.2, 0.25) is 5.95 Å². The van der Waals surface area contributed by atoms with Gasteiger partial charge in [0.15, 0.2) is 0 Å². The summed E-state index contributed by atoms with van der Waals surface area (Å²) in [6.07, 6.45) is 2.69. The first-order valence-electron chi connectivity index (χ1n) is 6.05. The fourth-order valence-electron chi connectivity index (χ4n) is 1.83. The van der Waals surface area contributed by atoms with Crippen molar-refractivity contribution in [1.82, 2.24) is 9.97 Å². The van der Waals surface area contributed by atoms with Crippen LogP contribution in [0.4, 0.5) is 11.8 Å². The number of nitrogens with zero attached hydrogens (tertiary/aromatic N) is 2. The molecule has 1 aliphatic rings. The molecule has 0 aromatic carbocycles. The Morgan fingerprint density at radius 1 is 1.44 bits per heavy atom. The minimum atomic E-state index is 0.517. The lowest BCUT2D eigenvalue weighted by Gasteiger charge is -2.14. The molecule has 0 saturated heterocycles. The third-order valence-corrected chi connectivity index (χ3v) is 2.89. The number of hydrogen-bond donors (Lipinski definition) is 2. The average Bonchev–Trinajstić information content (AvgIpc) is 2.99. The van der Waals surface area contributed by atoms with E-state index in [1.54, 1.807) is 0 Å². The Morgan fingerprint density at radius 2 is 2.19 bits per heavy atom. The predicted molar refractivity (Wildman–Crippen MR) is 66.7 cm³/mol. The highest BCUT2D eigenvalue weighted by Gasteiger charge is 2.28. The van der Waals surface area contributed by atoms with Crippen molar-refractivity contribution in [1.29, 1.82) is 0 Å². The molecular formula is C12H20N4. The average molecular weight is 220 g/mol. The monoisotopic (exact) mass is 220 g/mol. The molecule has 0 amide bonds. The molecule has 1 atom stereocenters. The van der Waals surface area contributed by atoms with Crippen LogP contribution in [0.3, 0.4) is 0 Å². The maximum absolute atomic E-state index is 4.44. The molecule has 0 bridgehead atoms. The zero-order valence-corrected chi connectivity index (χ0v) is 10.2.